The Balaban J connectivity index is 1.46. The molecule has 132 valence electrons. The highest BCUT2D eigenvalue weighted by Gasteiger charge is 2.22. The third-order valence-corrected chi connectivity index (χ3v) is 6.60. The normalized spacial score (nSPS) is 16.0. The molecule has 2 aromatic carbocycles. The summed E-state index contributed by atoms with van der Waals surface area (Å²) in [4.78, 5) is 21.3. The molecular formula is C21H21N3OS. The summed E-state index contributed by atoms with van der Waals surface area (Å²) in [5, 5.41) is 6.11. The van der Waals surface area contributed by atoms with Gasteiger partial charge in [-0.15, -0.1) is 11.3 Å². The third kappa shape index (κ3) is 2.54. The lowest BCUT2D eigenvalue weighted by atomic mass is 9.99. The minimum atomic E-state index is -0.0564. The molecule has 0 saturated heterocycles. The molecule has 0 radical (unpaired) electrons. The molecule has 2 heterocycles. The van der Waals surface area contributed by atoms with Gasteiger partial charge in [-0.05, 0) is 47.4 Å². The lowest BCUT2D eigenvalue weighted by Crippen LogP contribution is -2.29. The molecule has 0 bridgehead atoms. The van der Waals surface area contributed by atoms with Crippen molar-refractivity contribution in [3.05, 3.63) is 57.6 Å². The first-order valence-electron chi connectivity index (χ1n) is 9.28. The number of benzene rings is 2. The van der Waals surface area contributed by atoms with Crippen LogP contribution in [-0.2, 0) is 25.8 Å². The second kappa shape index (κ2) is 6.18. The van der Waals surface area contributed by atoms with E-state index in [-0.39, 0.29) is 5.91 Å². The van der Waals surface area contributed by atoms with Crippen molar-refractivity contribution in [2.75, 3.05) is 18.4 Å². The highest BCUT2D eigenvalue weighted by molar-refractivity contribution is 7.15. The van der Waals surface area contributed by atoms with Crippen molar-refractivity contribution in [2.24, 2.45) is 0 Å². The van der Waals surface area contributed by atoms with E-state index in [1.54, 1.807) is 11.3 Å². The van der Waals surface area contributed by atoms with Gasteiger partial charge >= 0.3 is 0 Å². The summed E-state index contributed by atoms with van der Waals surface area (Å²) in [5.41, 5.74) is 4.61. The van der Waals surface area contributed by atoms with Crippen LogP contribution in [0.5, 0.6) is 0 Å². The Morgan fingerprint density at radius 2 is 2.04 bits per heavy atom. The van der Waals surface area contributed by atoms with E-state index in [2.05, 4.69) is 46.4 Å². The van der Waals surface area contributed by atoms with E-state index >= 15 is 0 Å². The maximum absolute atomic E-state index is 12.9. The number of carbonyl (C=O) groups is 1. The summed E-state index contributed by atoms with van der Waals surface area (Å²) in [6.45, 7) is 5.24. The zero-order valence-electron chi connectivity index (χ0n) is 14.8. The number of rotatable bonds is 3. The van der Waals surface area contributed by atoms with Crippen LogP contribution < -0.4 is 5.32 Å². The topological polar surface area (TPSA) is 45.2 Å². The van der Waals surface area contributed by atoms with Gasteiger partial charge in [-0.1, -0.05) is 31.2 Å². The van der Waals surface area contributed by atoms with Gasteiger partial charge in [0.1, 0.15) is 0 Å². The summed E-state index contributed by atoms with van der Waals surface area (Å²) in [7, 11) is 0. The van der Waals surface area contributed by atoms with Crippen molar-refractivity contribution in [3.63, 3.8) is 0 Å². The number of thiazole rings is 1. The lowest BCUT2D eigenvalue weighted by Gasteiger charge is -2.23. The number of fused-ring (bicyclic) bond motifs is 1. The number of hydrogen-bond acceptors (Lipinski definition) is 4. The molecule has 1 amide bonds. The number of amides is 1. The highest BCUT2D eigenvalue weighted by atomic mass is 32.1. The van der Waals surface area contributed by atoms with Crippen LogP contribution in [-0.4, -0.2) is 28.9 Å². The van der Waals surface area contributed by atoms with Crippen LogP contribution in [0.4, 0.5) is 5.13 Å². The van der Waals surface area contributed by atoms with E-state index in [1.165, 1.54) is 21.4 Å². The van der Waals surface area contributed by atoms with Crippen LogP contribution in [0.3, 0.4) is 0 Å². The Hall–Kier alpha value is -2.24. The largest absolute Gasteiger partial charge is 0.298 e. The van der Waals surface area contributed by atoms with Gasteiger partial charge in [0.25, 0.3) is 5.91 Å². The van der Waals surface area contributed by atoms with Crippen LogP contribution in [0.2, 0.25) is 0 Å². The van der Waals surface area contributed by atoms with Crippen molar-refractivity contribution in [3.8, 4) is 0 Å². The van der Waals surface area contributed by atoms with Crippen molar-refractivity contribution < 1.29 is 4.79 Å². The quantitative estimate of drug-likeness (QED) is 0.764. The second-order valence-corrected chi connectivity index (χ2v) is 8.16. The maximum Gasteiger partial charge on any atom is 0.258 e. The van der Waals surface area contributed by atoms with Crippen molar-refractivity contribution in [1.29, 1.82) is 0 Å². The highest BCUT2D eigenvalue weighted by Crippen LogP contribution is 2.34. The van der Waals surface area contributed by atoms with Gasteiger partial charge in [0.05, 0.1) is 5.69 Å². The fourth-order valence-corrected chi connectivity index (χ4v) is 5.23. The summed E-state index contributed by atoms with van der Waals surface area (Å²) < 4.78 is 0. The molecule has 3 aromatic rings. The predicted molar refractivity (Wildman–Crippen MR) is 106 cm³/mol. The van der Waals surface area contributed by atoms with E-state index in [1.807, 2.05) is 6.07 Å². The van der Waals surface area contributed by atoms with Crippen LogP contribution in [0, 0.1) is 0 Å². The van der Waals surface area contributed by atoms with E-state index in [9.17, 15) is 4.79 Å². The Kier molecular flexibility index (Phi) is 3.80. The summed E-state index contributed by atoms with van der Waals surface area (Å²) in [6, 6.07) is 10.4. The standard InChI is InChI=1S/C21H21N3OS/c1-2-24-11-10-17-18(12-24)26-21(22-17)23-20(25)16-9-8-14-7-6-13-4-3-5-15(16)19(13)14/h3-5,8-9H,2,6-7,10-12H2,1H3,(H,22,23,25). The number of hydrogen-bond donors (Lipinski definition) is 1. The lowest BCUT2D eigenvalue weighted by molar-refractivity contribution is 0.102. The first-order chi connectivity index (χ1) is 12.7. The zero-order valence-corrected chi connectivity index (χ0v) is 15.7. The van der Waals surface area contributed by atoms with Gasteiger partial charge < -0.3 is 0 Å². The Morgan fingerprint density at radius 1 is 1.19 bits per heavy atom. The van der Waals surface area contributed by atoms with Gasteiger partial charge in [-0.25, -0.2) is 4.98 Å². The Bertz CT molecular complexity index is 1010. The molecule has 5 heteroatoms. The first-order valence-corrected chi connectivity index (χ1v) is 10.1. The fourth-order valence-electron chi connectivity index (χ4n) is 4.18. The number of carbonyl (C=O) groups excluding carboxylic acids is 1. The molecular weight excluding hydrogens is 342 g/mol. The summed E-state index contributed by atoms with van der Waals surface area (Å²) in [6.07, 6.45) is 3.12. The number of nitrogens with zero attached hydrogens (tertiary/aromatic N) is 2. The molecule has 0 fully saturated rings. The average Bonchev–Trinajstić information content (AvgIpc) is 3.26. The monoisotopic (exact) mass is 363 g/mol. The molecule has 0 saturated carbocycles. The fraction of sp³-hybridized carbons (Fsp3) is 0.333. The van der Waals surface area contributed by atoms with E-state index in [0.717, 1.165) is 60.7 Å². The number of nitrogens with one attached hydrogen (secondary N) is 1. The smallest absolute Gasteiger partial charge is 0.258 e. The van der Waals surface area contributed by atoms with E-state index in [4.69, 9.17) is 0 Å². The van der Waals surface area contributed by atoms with Gasteiger partial charge in [-0.2, -0.15) is 0 Å². The molecule has 1 aliphatic heterocycles. The minimum absolute atomic E-state index is 0.0564. The molecule has 2 aliphatic rings. The Morgan fingerprint density at radius 3 is 2.88 bits per heavy atom. The Labute approximate surface area is 156 Å². The van der Waals surface area contributed by atoms with Gasteiger partial charge in [0, 0.05) is 30.0 Å². The van der Waals surface area contributed by atoms with Gasteiger partial charge in [0.2, 0.25) is 0 Å². The molecule has 5 rings (SSSR count). The summed E-state index contributed by atoms with van der Waals surface area (Å²) in [5.74, 6) is -0.0564. The maximum atomic E-state index is 12.9. The molecule has 0 spiro atoms. The second-order valence-electron chi connectivity index (χ2n) is 7.07. The minimum Gasteiger partial charge on any atom is -0.298 e. The molecule has 0 unspecified atom stereocenters. The van der Waals surface area contributed by atoms with Crippen LogP contribution in [0.25, 0.3) is 10.8 Å². The number of anilines is 1. The number of likely N-dealkylation sites (N-methyl/N-ethyl adjacent to an activating group) is 1. The molecule has 1 N–H and O–H groups in total. The van der Waals surface area contributed by atoms with Crippen molar-refractivity contribution in [2.45, 2.75) is 32.7 Å². The zero-order chi connectivity index (χ0) is 17.7. The van der Waals surface area contributed by atoms with Crippen LogP contribution in [0.15, 0.2) is 30.3 Å². The van der Waals surface area contributed by atoms with Crippen molar-refractivity contribution >= 4 is 33.1 Å². The molecule has 4 nitrogen and oxygen atoms in total. The van der Waals surface area contributed by atoms with E-state index < -0.39 is 0 Å². The first kappa shape index (κ1) is 16.0. The SMILES string of the molecule is CCN1CCc2nc(NC(=O)c3ccc4c5c(cccc35)CC4)sc2C1. The third-order valence-electron chi connectivity index (χ3n) is 5.60. The summed E-state index contributed by atoms with van der Waals surface area (Å²) >= 11 is 1.62. The number of aromatic nitrogens is 1. The van der Waals surface area contributed by atoms with E-state index in [0.29, 0.717) is 0 Å². The number of aryl methyl sites for hydroxylation is 2. The van der Waals surface area contributed by atoms with Gasteiger partial charge in [0.15, 0.2) is 5.13 Å². The van der Waals surface area contributed by atoms with Crippen LogP contribution in [0.1, 0.15) is 39.0 Å². The average molecular weight is 363 g/mol. The molecule has 0 atom stereocenters. The van der Waals surface area contributed by atoms with Crippen molar-refractivity contribution in [1.82, 2.24) is 9.88 Å². The molecule has 26 heavy (non-hydrogen) atoms. The molecule has 1 aromatic heterocycles. The molecule has 1 aliphatic carbocycles. The predicted octanol–water partition coefficient (Wildman–Crippen LogP) is 4.03. The van der Waals surface area contributed by atoms with Crippen LogP contribution >= 0.6 is 11.3 Å². The van der Waals surface area contributed by atoms with Gasteiger partial charge in [-0.3, -0.25) is 15.0 Å².